The topological polar surface area (TPSA) is 58.6 Å². The lowest BCUT2D eigenvalue weighted by Gasteiger charge is -2.03. The summed E-state index contributed by atoms with van der Waals surface area (Å²) in [5, 5.41) is 8.26. The van der Waals surface area contributed by atoms with Crippen LogP contribution in [0, 0.1) is 6.92 Å². The van der Waals surface area contributed by atoms with Crippen molar-refractivity contribution in [1.82, 2.24) is 15.2 Å². The van der Waals surface area contributed by atoms with Crippen LogP contribution in [0.1, 0.15) is 11.3 Å². The summed E-state index contributed by atoms with van der Waals surface area (Å²) in [6, 6.07) is 6.02. The molecule has 0 atom stereocenters. The highest BCUT2D eigenvalue weighted by Gasteiger charge is 2.03. The van der Waals surface area contributed by atoms with E-state index >= 15 is 0 Å². The first kappa shape index (κ1) is 13.8. The highest BCUT2D eigenvalue weighted by Crippen LogP contribution is 2.24. The van der Waals surface area contributed by atoms with Crippen molar-refractivity contribution < 1.29 is 0 Å². The minimum Gasteiger partial charge on any atom is -0.298 e. The Hall–Kier alpha value is -0.660. The third kappa shape index (κ3) is 3.66. The number of nitrogens with one attached hydrogen (secondary N) is 1. The lowest BCUT2D eigenvalue weighted by molar-refractivity contribution is 0.789. The standard InChI is InChI=1S/C11H9Br2N3OS/c1-6-10(17)14-11(16-15-6)18-5-7-2-8(12)4-9(13)3-7/h2-4H,5H2,1H3,(H,14,16,17). The number of thioether (sulfide) groups is 1. The molecule has 0 amide bonds. The number of hydrogen-bond donors (Lipinski definition) is 1. The van der Waals surface area contributed by atoms with E-state index < -0.39 is 0 Å². The SMILES string of the molecule is Cc1nnc(SCc2cc(Br)cc(Br)c2)[nH]c1=O. The maximum absolute atomic E-state index is 11.4. The number of aryl methyl sites for hydroxylation is 1. The number of hydrogen-bond acceptors (Lipinski definition) is 4. The Morgan fingerprint density at radius 3 is 2.50 bits per heavy atom. The van der Waals surface area contributed by atoms with Crippen molar-refractivity contribution in [3.8, 4) is 0 Å². The average Bonchev–Trinajstić information content (AvgIpc) is 2.29. The third-order valence-electron chi connectivity index (χ3n) is 2.14. The molecule has 0 saturated carbocycles. The molecule has 7 heteroatoms. The van der Waals surface area contributed by atoms with E-state index in [0.717, 1.165) is 14.5 Å². The van der Waals surface area contributed by atoms with Crippen molar-refractivity contribution in [3.63, 3.8) is 0 Å². The lowest BCUT2D eigenvalue weighted by atomic mass is 10.2. The maximum Gasteiger partial charge on any atom is 0.273 e. The smallest absolute Gasteiger partial charge is 0.273 e. The maximum atomic E-state index is 11.4. The van der Waals surface area contributed by atoms with Gasteiger partial charge in [0.2, 0.25) is 0 Å². The van der Waals surface area contributed by atoms with Gasteiger partial charge in [0.1, 0.15) is 5.69 Å². The second kappa shape index (κ2) is 5.99. The Balaban J connectivity index is 2.11. The first-order valence-electron chi connectivity index (χ1n) is 5.06. The number of rotatable bonds is 3. The summed E-state index contributed by atoms with van der Waals surface area (Å²) in [6.07, 6.45) is 0. The van der Waals surface area contributed by atoms with Gasteiger partial charge in [-0.2, -0.15) is 0 Å². The largest absolute Gasteiger partial charge is 0.298 e. The van der Waals surface area contributed by atoms with E-state index in [1.165, 1.54) is 11.8 Å². The average molecular weight is 391 g/mol. The Kier molecular flexibility index (Phi) is 4.58. The molecular weight excluding hydrogens is 382 g/mol. The fourth-order valence-electron chi connectivity index (χ4n) is 1.29. The Morgan fingerprint density at radius 2 is 1.89 bits per heavy atom. The molecule has 4 nitrogen and oxygen atoms in total. The highest BCUT2D eigenvalue weighted by atomic mass is 79.9. The first-order chi connectivity index (χ1) is 8.54. The second-order valence-electron chi connectivity index (χ2n) is 3.61. The van der Waals surface area contributed by atoms with Crippen LogP contribution in [-0.2, 0) is 5.75 Å². The molecule has 0 unspecified atom stereocenters. The van der Waals surface area contributed by atoms with Crippen molar-refractivity contribution in [1.29, 1.82) is 0 Å². The molecule has 0 aliphatic carbocycles. The molecule has 0 bridgehead atoms. The van der Waals surface area contributed by atoms with Gasteiger partial charge >= 0.3 is 0 Å². The molecule has 0 aliphatic rings. The van der Waals surface area contributed by atoms with Gasteiger partial charge in [-0.1, -0.05) is 43.6 Å². The number of aromatic amines is 1. The lowest BCUT2D eigenvalue weighted by Crippen LogP contribution is -2.14. The molecule has 94 valence electrons. The van der Waals surface area contributed by atoms with Crippen LogP contribution in [0.25, 0.3) is 0 Å². The summed E-state index contributed by atoms with van der Waals surface area (Å²) in [6.45, 7) is 1.63. The zero-order valence-corrected chi connectivity index (χ0v) is 13.4. The molecule has 1 N–H and O–H groups in total. The van der Waals surface area contributed by atoms with Crippen LogP contribution in [0.5, 0.6) is 0 Å². The molecule has 1 heterocycles. The normalized spacial score (nSPS) is 10.6. The van der Waals surface area contributed by atoms with Crippen LogP contribution in [0.2, 0.25) is 0 Å². The Labute approximate surface area is 125 Å². The van der Waals surface area contributed by atoms with Crippen LogP contribution >= 0.6 is 43.6 Å². The molecule has 1 aromatic carbocycles. The summed E-state index contributed by atoms with van der Waals surface area (Å²) in [4.78, 5) is 14.1. The Morgan fingerprint density at radius 1 is 1.22 bits per heavy atom. The summed E-state index contributed by atoms with van der Waals surface area (Å²) in [5.74, 6) is 0.714. The van der Waals surface area contributed by atoms with Crippen LogP contribution in [0.4, 0.5) is 0 Å². The monoisotopic (exact) mass is 389 g/mol. The van der Waals surface area contributed by atoms with Gasteiger partial charge in [0.15, 0.2) is 5.16 Å². The number of H-pyrrole nitrogens is 1. The van der Waals surface area contributed by atoms with E-state index in [1.807, 2.05) is 18.2 Å². The quantitative estimate of drug-likeness (QED) is 0.817. The number of aromatic nitrogens is 3. The number of benzene rings is 1. The van der Waals surface area contributed by atoms with Gasteiger partial charge in [0, 0.05) is 14.7 Å². The predicted octanol–water partition coefficient (Wildman–Crippen LogP) is 3.29. The van der Waals surface area contributed by atoms with Crippen LogP contribution < -0.4 is 5.56 Å². The van der Waals surface area contributed by atoms with Gasteiger partial charge in [-0.25, -0.2) is 0 Å². The van der Waals surface area contributed by atoms with Crippen LogP contribution in [-0.4, -0.2) is 15.2 Å². The molecular formula is C11H9Br2N3OS. The van der Waals surface area contributed by atoms with Gasteiger partial charge in [0.25, 0.3) is 5.56 Å². The van der Waals surface area contributed by atoms with E-state index in [1.54, 1.807) is 6.92 Å². The van der Waals surface area contributed by atoms with Crippen molar-refractivity contribution in [2.24, 2.45) is 0 Å². The van der Waals surface area contributed by atoms with E-state index in [9.17, 15) is 4.79 Å². The van der Waals surface area contributed by atoms with Gasteiger partial charge in [-0.3, -0.25) is 9.78 Å². The molecule has 0 radical (unpaired) electrons. The number of halogens is 2. The van der Waals surface area contributed by atoms with Gasteiger partial charge < -0.3 is 0 Å². The molecule has 18 heavy (non-hydrogen) atoms. The minimum atomic E-state index is -0.192. The molecule has 0 saturated heterocycles. The van der Waals surface area contributed by atoms with Crippen LogP contribution in [0.15, 0.2) is 37.1 Å². The Bertz CT molecular complexity index is 610. The predicted molar refractivity (Wildman–Crippen MR) is 78.8 cm³/mol. The van der Waals surface area contributed by atoms with E-state index in [4.69, 9.17) is 0 Å². The summed E-state index contributed by atoms with van der Waals surface area (Å²) in [5.41, 5.74) is 1.32. The summed E-state index contributed by atoms with van der Waals surface area (Å²) in [7, 11) is 0. The molecule has 2 rings (SSSR count). The first-order valence-corrected chi connectivity index (χ1v) is 7.63. The third-order valence-corrected chi connectivity index (χ3v) is 3.99. The van der Waals surface area contributed by atoms with Gasteiger partial charge in [-0.15, -0.1) is 10.2 Å². The van der Waals surface area contributed by atoms with Gasteiger partial charge in [0.05, 0.1) is 0 Å². The molecule has 2 aromatic rings. The zero-order valence-electron chi connectivity index (χ0n) is 9.41. The highest BCUT2D eigenvalue weighted by molar-refractivity contribution is 9.11. The summed E-state index contributed by atoms with van der Waals surface area (Å²) >= 11 is 8.31. The van der Waals surface area contributed by atoms with E-state index in [2.05, 4.69) is 47.0 Å². The van der Waals surface area contributed by atoms with Crippen molar-refractivity contribution in [2.45, 2.75) is 17.8 Å². The molecule has 1 aromatic heterocycles. The van der Waals surface area contributed by atoms with Crippen molar-refractivity contribution in [3.05, 3.63) is 48.8 Å². The fraction of sp³-hybridized carbons (Fsp3) is 0.182. The van der Waals surface area contributed by atoms with Crippen molar-refractivity contribution in [2.75, 3.05) is 0 Å². The van der Waals surface area contributed by atoms with Gasteiger partial charge in [-0.05, 0) is 30.7 Å². The van der Waals surface area contributed by atoms with Crippen LogP contribution in [0.3, 0.4) is 0 Å². The minimum absolute atomic E-state index is 0.192. The summed E-state index contributed by atoms with van der Waals surface area (Å²) < 4.78 is 2.02. The van der Waals surface area contributed by atoms with E-state index in [0.29, 0.717) is 16.6 Å². The number of nitrogens with zero attached hydrogens (tertiary/aromatic N) is 2. The van der Waals surface area contributed by atoms with E-state index in [-0.39, 0.29) is 5.56 Å². The molecule has 0 aliphatic heterocycles. The molecule has 0 spiro atoms. The zero-order chi connectivity index (χ0) is 13.1. The fourth-order valence-corrected chi connectivity index (χ4v) is 3.41. The second-order valence-corrected chi connectivity index (χ2v) is 6.41. The van der Waals surface area contributed by atoms with Crippen molar-refractivity contribution >= 4 is 43.6 Å². The molecule has 0 fully saturated rings.